The molecule has 1 atom stereocenters. The van der Waals surface area contributed by atoms with Crippen molar-refractivity contribution in [3.63, 3.8) is 0 Å². The maximum Gasteiger partial charge on any atom is 0.253 e. The van der Waals surface area contributed by atoms with E-state index in [1.807, 2.05) is 44.7 Å². The molecule has 1 fully saturated rings. The van der Waals surface area contributed by atoms with Gasteiger partial charge >= 0.3 is 0 Å². The van der Waals surface area contributed by atoms with Crippen LogP contribution in [0.4, 0.5) is 0 Å². The van der Waals surface area contributed by atoms with Gasteiger partial charge in [0.2, 0.25) is 5.91 Å². The van der Waals surface area contributed by atoms with Gasteiger partial charge in [-0.05, 0) is 62.4 Å². The second-order valence-corrected chi connectivity index (χ2v) is 6.99. The van der Waals surface area contributed by atoms with Gasteiger partial charge in [-0.25, -0.2) is 0 Å². The molecule has 1 saturated heterocycles. The highest BCUT2D eigenvalue weighted by molar-refractivity contribution is 5.95. The first-order chi connectivity index (χ1) is 10.8. The lowest BCUT2D eigenvalue weighted by Gasteiger charge is -2.33. The molecule has 0 aromatic heterocycles. The van der Waals surface area contributed by atoms with Gasteiger partial charge in [-0.2, -0.15) is 0 Å². The highest BCUT2D eigenvalue weighted by atomic mass is 16.2. The fourth-order valence-electron chi connectivity index (χ4n) is 2.99. The first-order valence-corrected chi connectivity index (χ1v) is 8.47. The fourth-order valence-corrected chi connectivity index (χ4v) is 2.99. The number of carbonyl (C=O) groups excluding carboxylic acids is 2. The summed E-state index contributed by atoms with van der Waals surface area (Å²) in [6, 6.07) is 4.01. The van der Waals surface area contributed by atoms with E-state index < -0.39 is 0 Å². The summed E-state index contributed by atoms with van der Waals surface area (Å²) < 4.78 is 0. The topological polar surface area (TPSA) is 49.4 Å². The molecule has 0 saturated carbocycles. The van der Waals surface area contributed by atoms with E-state index in [0.29, 0.717) is 6.54 Å². The summed E-state index contributed by atoms with van der Waals surface area (Å²) >= 11 is 0. The Balaban J connectivity index is 2.09. The maximum atomic E-state index is 12.8. The Kier molecular flexibility index (Phi) is 5.45. The van der Waals surface area contributed by atoms with Crippen LogP contribution in [0.1, 0.15) is 53.7 Å². The monoisotopic (exact) mass is 316 g/mol. The minimum atomic E-state index is -0.0246. The first kappa shape index (κ1) is 17.5. The third-order valence-electron chi connectivity index (χ3n) is 4.75. The van der Waals surface area contributed by atoms with Crippen LogP contribution in [-0.2, 0) is 4.79 Å². The summed E-state index contributed by atoms with van der Waals surface area (Å²) in [5.74, 6) is 0.106. The van der Waals surface area contributed by atoms with Crippen molar-refractivity contribution in [2.24, 2.45) is 5.92 Å². The Bertz CT molecular complexity index is 584. The molecular formula is C19H28N2O2. The Hall–Kier alpha value is -1.84. The fraction of sp³-hybridized carbons (Fsp3) is 0.579. The molecule has 4 nitrogen and oxygen atoms in total. The zero-order chi connectivity index (χ0) is 17.1. The van der Waals surface area contributed by atoms with Gasteiger partial charge in [0.15, 0.2) is 0 Å². The lowest BCUT2D eigenvalue weighted by atomic mass is 9.98. The molecule has 1 unspecified atom stereocenters. The molecule has 1 aliphatic heterocycles. The molecule has 2 amide bonds. The molecule has 1 N–H and O–H groups in total. The summed E-state index contributed by atoms with van der Waals surface area (Å²) in [6.45, 7) is 11.3. The van der Waals surface area contributed by atoms with E-state index in [0.717, 1.165) is 36.1 Å². The summed E-state index contributed by atoms with van der Waals surface area (Å²) in [4.78, 5) is 26.5. The predicted octanol–water partition coefficient (Wildman–Crippen LogP) is 2.99. The van der Waals surface area contributed by atoms with E-state index in [1.54, 1.807) is 0 Å². The van der Waals surface area contributed by atoms with Crippen LogP contribution < -0.4 is 5.32 Å². The Morgan fingerprint density at radius 1 is 1.17 bits per heavy atom. The third kappa shape index (κ3) is 4.12. The van der Waals surface area contributed by atoms with Crippen molar-refractivity contribution in [3.05, 3.63) is 34.4 Å². The van der Waals surface area contributed by atoms with Crippen molar-refractivity contribution in [2.45, 2.75) is 53.5 Å². The molecule has 2 rings (SSSR count). The van der Waals surface area contributed by atoms with Crippen molar-refractivity contribution in [2.75, 3.05) is 13.1 Å². The Morgan fingerprint density at radius 3 is 2.35 bits per heavy atom. The van der Waals surface area contributed by atoms with Gasteiger partial charge in [0, 0.05) is 30.6 Å². The van der Waals surface area contributed by atoms with Crippen LogP contribution in [0, 0.1) is 26.7 Å². The molecule has 0 bridgehead atoms. The molecule has 0 radical (unpaired) electrons. The number of likely N-dealkylation sites (tertiary alicyclic amines) is 1. The molecular weight excluding hydrogens is 288 g/mol. The highest BCUT2D eigenvalue weighted by Gasteiger charge is 2.26. The van der Waals surface area contributed by atoms with Crippen LogP contribution in [-0.4, -0.2) is 35.8 Å². The summed E-state index contributed by atoms with van der Waals surface area (Å²) in [6.07, 6.45) is 1.87. The van der Waals surface area contributed by atoms with E-state index in [9.17, 15) is 9.59 Å². The zero-order valence-electron chi connectivity index (χ0n) is 14.9. The standard InChI is InChI=1S/C19H28N2O2/c1-12(2)18(22)20-17-7-6-8-21(11-17)19(23)16-9-13(3)15(5)14(4)10-16/h9-10,12,17H,6-8,11H2,1-5H3,(H,20,22). The molecule has 1 aromatic carbocycles. The van der Waals surface area contributed by atoms with Crippen LogP contribution in [0.3, 0.4) is 0 Å². The van der Waals surface area contributed by atoms with E-state index in [-0.39, 0.29) is 23.8 Å². The van der Waals surface area contributed by atoms with E-state index in [2.05, 4.69) is 12.2 Å². The van der Waals surface area contributed by atoms with Gasteiger partial charge in [0.05, 0.1) is 0 Å². The number of piperidine rings is 1. The summed E-state index contributed by atoms with van der Waals surface area (Å²) in [5.41, 5.74) is 4.29. The normalized spacial score (nSPS) is 18.2. The highest BCUT2D eigenvalue weighted by Crippen LogP contribution is 2.19. The minimum absolute atomic E-state index is 0.0246. The largest absolute Gasteiger partial charge is 0.351 e. The molecule has 1 aliphatic rings. The lowest BCUT2D eigenvalue weighted by molar-refractivity contribution is -0.125. The van der Waals surface area contributed by atoms with Crippen molar-refractivity contribution in [1.29, 1.82) is 0 Å². The molecule has 4 heteroatoms. The quantitative estimate of drug-likeness (QED) is 0.932. The minimum Gasteiger partial charge on any atom is -0.351 e. The van der Waals surface area contributed by atoms with Gasteiger partial charge in [0.1, 0.15) is 0 Å². The second kappa shape index (κ2) is 7.16. The van der Waals surface area contributed by atoms with Crippen molar-refractivity contribution < 1.29 is 9.59 Å². The van der Waals surface area contributed by atoms with Gasteiger partial charge in [-0.1, -0.05) is 13.8 Å². The average Bonchev–Trinajstić information content (AvgIpc) is 2.51. The molecule has 126 valence electrons. The lowest BCUT2D eigenvalue weighted by Crippen LogP contribution is -2.50. The number of aryl methyl sites for hydroxylation is 2. The molecule has 0 aliphatic carbocycles. The molecule has 1 heterocycles. The zero-order valence-corrected chi connectivity index (χ0v) is 14.9. The number of carbonyl (C=O) groups is 2. The number of nitrogens with one attached hydrogen (secondary N) is 1. The summed E-state index contributed by atoms with van der Waals surface area (Å²) in [7, 11) is 0. The van der Waals surface area contributed by atoms with Crippen molar-refractivity contribution >= 4 is 11.8 Å². The number of nitrogens with zero attached hydrogens (tertiary/aromatic N) is 1. The van der Waals surface area contributed by atoms with Gasteiger partial charge in [0.25, 0.3) is 5.91 Å². The summed E-state index contributed by atoms with van der Waals surface area (Å²) in [5, 5.41) is 3.05. The van der Waals surface area contributed by atoms with E-state index >= 15 is 0 Å². The van der Waals surface area contributed by atoms with Crippen LogP contribution in [0.25, 0.3) is 0 Å². The smallest absolute Gasteiger partial charge is 0.253 e. The number of rotatable bonds is 3. The number of benzene rings is 1. The van der Waals surface area contributed by atoms with Crippen LogP contribution in [0.15, 0.2) is 12.1 Å². The van der Waals surface area contributed by atoms with Gasteiger partial charge < -0.3 is 10.2 Å². The van der Waals surface area contributed by atoms with Gasteiger partial charge in [-0.15, -0.1) is 0 Å². The van der Waals surface area contributed by atoms with Gasteiger partial charge in [-0.3, -0.25) is 9.59 Å². The van der Waals surface area contributed by atoms with Crippen molar-refractivity contribution in [3.8, 4) is 0 Å². The maximum absolute atomic E-state index is 12.8. The number of hydrogen-bond donors (Lipinski definition) is 1. The van der Waals surface area contributed by atoms with E-state index in [4.69, 9.17) is 0 Å². The predicted molar refractivity (Wildman–Crippen MR) is 92.6 cm³/mol. The second-order valence-electron chi connectivity index (χ2n) is 6.99. The number of amides is 2. The van der Waals surface area contributed by atoms with Crippen LogP contribution in [0.5, 0.6) is 0 Å². The Morgan fingerprint density at radius 2 is 1.78 bits per heavy atom. The first-order valence-electron chi connectivity index (χ1n) is 8.47. The van der Waals surface area contributed by atoms with E-state index in [1.165, 1.54) is 5.56 Å². The van der Waals surface area contributed by atoms with Crippen molar-refractivity contribution in [1.82, 2.24) is 10.2 Å². The molecule has 1 aromatic rings. The number of hydrogen-bond acceptors (Lipinski definition) is 2. The SMILES string of the molecule is Cc1cc(C(=O)N2CCCC(NC(=O)C(C)C)C2)cc(C)c1C. The van der Waals surface area contributed by atoms with Crippen LogP contribution in [0.2, 0.25) is 0 Å². The average molecular weight is 316 g/mol. The third-order valence-corrected chi connectivity index (χ3v) is 4.75. The molecule has 0 spiro atoms. The Labute approximate surface area is 139 Å². The molecule has 23 heavy (non-hydrogen) atoms. The van der Waals surface area contributed by atoms with Crippen LogP contribution >= 0.6 is 0 Å².